The van der Waals surface area contributed by atoms with Crippen LogP contribution < -0.4 is 4.72 Å². The average Bonchev–Trinajstić information content (AvgIpc) is 2.60. The van der Waals surface area contributed by atoms with E-state index >= 15 is 0 Å². The second kappa shape index (κ2) is 7.53. The lowest BCUT2D eigenvalue weighted by Crippen LogP contribution is -2.13. The molecular weight excluding hydrogens is 394 g/mol. The number of aromatic nitrogens is 2. The van der Waals surface area contributed by atoms with Gasteiger partial charge in [0.25, 0.3) is 0 Å². The summed E-state index contributed by atoms with van der Waals surface area (Å²) < 4.78 is 25.2. The van der Waals surface area contributed by atoms with E-state index in [1.165, 1.54) is 0 Å². The van der Waals surface area contributed by atoms with Gasteiger partial charge in [0.2, 0.25) is 10.0 Å². The molecule has 0 saturated carbocycles. The number of anilines is 1. The maximum absolute atomic E-state index is 11.4. The van der Waals surface area contributed by atoms with Crippen LogP contribution in [0.2, 0.25) is 5.02 Å². The molecule has 146 valence electrons. The Hall–Kier alpha value is -2.44. The zero-order valence-electron chi connectivity index (χ0n) is 16.2. The molecule has 0 spiro atoms. The highest BCUT2D eigenvalue weighted by molar-refractivity contribution is 7.92. The van der Waals surface area contributed by atoms with Crippen molar-refractivity contribution in [2.75, 3.05) is 11.0 Å². The molecule has 3 aromatic rings. The van der Waals surface area contributed by atoms with E-state index in [0.717, 1.165) is 34.2 Å². The molecule has 0 bridgehead atoms. The first-order valence-corrected chi connectivity index (χ1v) is 11.0. The predicted molar refractivity (Wildman–Crippen MR) is 115 cm³/mol. The summed E-state index contributed by atoms with van der Waals surface area (Å²) in [6.45, 7) is 6.37. The van der Waals surface area contributed by atoms with Gasteiger partial charge in [-0.15, -0.1) is 0 Å². The Balaban J connectivity index is 1.99. The number of rotatable bonds is 4. The molecule has 0 aliphatic carbocycles. The highest BCUT2D eigenvalue weighted by Gasteiger charge is 2.16. The minimum absolute atomic E-state index is 0.0488. The van der Waals surface area contributed by atoms with Gasteiger partial charge in [-0.1, -0.05) is 38.4 Å². The van der Waals surface area contributed by atoms with E-state index in [4.69, 9.17) is 11.6 Å². The zero-order chi connectivity index (χ0) is 20.5. The lowest BCUT2D eigenvalue weighted by molar-refractivity contribution is 0.569. The van der Waals surface area contributed by atoms with Crippen molar-refractivity contribution < 1.29 is 8.42 Å². The topological polar surface area (TPSA) is 72.0 Å². The Labute approximate surface area is 170 Å². The SMILES string of the molecule is CC(C)(C)c1cc(-c2cncc(-c3ccc(NS(C)(=O)=O)cc3Cl)c2)ccn1. The largest absolute Gasteiger partial charge is 0.284 e. The Morgan fingerprint density at radius 1 is 0.964 bits per heavy atom. The zero-order valence-corrected chi connectivity index (χ0v) is 17.8. The van der Waals surface area contributed by atoms with Crippen LogP contribution in [0.1, 0.15) is 26.5 Å². The first-order chi connectivity index (χ1) is 13.0. The van der Waals surface area contributed by atoms with E-state index in [0.29, 0.717) is 10.7 Å². The molecule has 0 aliphatic heterocycles. The summed E-state index contributed by atoms with van der Waals surface area (Å²) in [6.07, 6.45) is 6.45. The van der Waals surface area contributed by atoms with Crippen molar-refractivity contribution in [3.63, 3.8) is 0 Å². The number of pyridine rings is 2. The molecule has 0 fully saturated rings. The summed E-state index contributed by atoms with van der Waals surface area (Å²) in [5, 5.41) is 0.442. The molecule has 0 unspecified atom stereocenters. The molecule has 3 rings (SSSR count). The van der Waals surface area contributed by atoms with Crippen LogP contribution in [0, 0.1) is 0 Å². The van der Waals surface area contributed by atoms with Crippen molar-refractivity contribution in [2.24, 2.45) is 0 Å². The molecule has 7 heteroatoms. The standard InChI is InChI=1S/C21H22ClN3O2S/c1-21(2,3)20-10-14(7-8-24-20)15-9-16(13-23-12-15)18-6-5-17(11-19(18)22)25-28(4,26)27/h5-13,25H,1-4H3. The molecule has 1 N–H and O–H groups in total. The molecule has 0 radical (unpaired) electrons. The second-order valence-corrected chi connectivity index (χ2v) is 9.87. The van der Waals surface area contributed by atoms with Crippen LogP contribution in [0.3, 0.4) is 0 Å². The van der Waals surface area contributed by atoms with Crippen molar-refractivity contribution >= 4 is 27.3 Å². The average molecular weight is 416 g/mol. The molecule has 0 amide bonds. The van der Waals surface area contributed by atoms with Crippen LogP contribution in [0.5, 0.6) is 0 Å². The molecule has 0 saturated heterocycles. The number of nitrogens with one attached hydrogen (secondary N) is 1. The van der Waals surface area contributed by atoms with Crippen LogP contribution in [0.15, 0.2) is 55.0 Å². The third-order valence-electron chi connectivity index (χ3n) is 4.18. The highest BCUT2D eigenvalue weighted by Crippen LogP contribution is 2.33. The molecule has 2 aromatic heterocycles. The van der Waals surface area contributed by atoms with Crippen molar-refractivity contribution in [1.29, 1.82) is 0 Å². The van der Waals surface area contributed by atoms with Gasteiger partial charge in [-0.2, -0.15) is 0 Å². The molecule has 0 aliphatic rings. The summed E-state index contributed by atoms with van der Waals surface area (Å²) in [7, 11) is -3.36. The first-order valence-electron chi connectivity index (χ1n) is 8.72. The lowest BCUT2D eigenvalue weighted by atomic mass is 9.90. The first kappa shape index (κ1) is 20.3. The van der Waals surface area contributed by atoms with Gasteiger partial charge >= 0.3 is 0 Å². The molecular formula is C21H22ClN3O2S. The number of hydrogen-bond acceptors (Lipinski definition) is 4. The van der Waals surface area contributed by atoms with Gasteiger partial charge in [0.15, 0.2) is 0 Å². The Morgan fingerprint density at radius 3 is 2.32 bits per heavy atom. The predicted octanol–water partition coefficient (Wildman–Crippen LogP) is 5.13. The summed E-state index contributed by atoms with van der Waals surface area (Å²) >= 11 is 6.40. The van der Waals surface area contributed by atoms with Crippen LogP contribution in [0.4, 0.5) is 5.69 Å². The fraction of sp³-hybridized carbons (Fsp3) is 0.238. The lowest BCUT2D eigenvalue weighted by Gasteiger charge is -2.18. The fourth-order valence-corrected chi connectivity index (χ4v) is 3.64. The maximum atomic E-state index is 11.4. The summed E-state index contributed by atoms with van der Waals surface area (Å²) in [5.41, 5.74) is 4.99. The monoisotopic (exact) mass is 415 g/mol. The minimum Gasteiger partial charge on any atom is -0.284 e. The number of nitrogens with zero attached hydrogens (tertiary/aromatic N) is 2. The van der Waals surface area contributed by atoms with E-state index in [9.17, 15) is 8.42 Å². The van der Waals surface area contributed by atoms with Gasteiger partial charge in [-0.05, 0) is 35.9 Å². The number of hydrogen-bond donors (Lipinski definition) is 1. The Bertz CT molecular complexity index is 1120. The number of sulfonamides is 1. The van der Waals surface area contributed by atoms with Crippen molar-refractivity contribution in [3.8, 4) is 22.3 Å². The second-order valence-electron chi connectivity index (χ2n) is 7.71. The van der Waals surface area contributed by atoms with Crippen LogP contribution in [-0.4, -0.2) is 24.6 Å². The molecule has 5 nitrogen and oxygen atoms in total. The normalized spacial score (nSPS) is 12.0. The molecule has 2 heterocycles. The Kier molecular flexibility index (Phi) is 5.46. The van der Waals surface area contributed by atoms with Crippen molar-refractivity contribution in [2.45, 2.75) is 26.2 Å². The van der Waals surface area contributed by atoms with Crippen LogP contribution in [-0.2, 0) is 15.4 Å². The van der Waals surface area contributed by atoms with E-state index in [-0.39, 0.29) is 5.41 Å². The van der Waals surface area contributed by atoms with Gasteiger partial charge < -0.3 is 0 Å². The van der Waals surface area contributed by atoms with Crippen molar-refractivity contribution in [1.82, 2.24) is 9.97 Å². The van der Waals surface area contributed by atoms with Gasteiger partial charge in [0.05, 0.1) is 11.3 Å². The van der Waals surface area contributed by atoms with E-state index in [2.05, 4.69) is 41.5 Å². The van der Waals surface area contributed by atoms with E-state index < -0.39 is 10.0 Å². The highest BCUT2D eigenvalue weighted by atomic mass is 35.5. The van der Waals surface area contributed by atoms with Gasteiger partial charge in [0.1, 0.15) is 0 Å². The smallest absolute Gasteiger partial charge is 0.229 e. The summed E-state index contributed by atoms with van der Waals surface area (Å²) in [6, 6.07) is 11.1. The third-order valence-corrected chi connectivity index (χ3v) is 5.10. The Morgan fingerprint density at radius 2 is 1.68 bits per heavy atom. The van der Waals surface area contributed by atoms with Crippen molar-refractivity contribution in [3.05, 3.63) is 65.7 Å². The van der Waals surface area contributed by atoms with Gasteiger partial charge in [-0.3, -0.25) is 14.7 Å². The maximum Gasteiger partial charge on any atom is 0.229 e. The number of halogens is 1. The minimum atomic E-state index is -3.36. The summed E-state index contributed by atoms with van der Waals surface area (Å²) in [5.74, 6) is 0. The third kappa shape index (κ3) is 4.88. The quantitative estimate of drug-likeness (QED) is 0.640. The van der Waals surface area contributed by atoms with E-state index in [1.807, 2.05) is 12.1 Å². The molecule has 0 atom stereocenters. The number of benzene rings is 1. The summed E-state index contributed by atoms with van der Waals surface area (Å²) in [4.78, 5) is 8.83. The van der Waals surface area contributed by atoms with Crippen LogP contribution in [0.25, 0.3) is 22.3 Å². The fourth-order valence-electron chi connectivity index (χ4n) is 2.79. The van der Waals surface area contributed by atoms with E-state index in [1.54, 1.807) is 36.8 Å². The molecule has 28 heavy (non-hydrogen) atoms. The van der Waals surface area contributed by atoms with Gasteiger partial charge in [0, 0.05) is 52.1 Å². The van der Waals surface area contributed by atoms with Gasteiger partial charge in [-0.25, -0.2) is 8.42 Å². The molecule has 1 aromatic carbocycles. The van der Waals surface area contributed by atoms with Crippen LogP contribution >= 0.6 is 11.6 Å².